The molecule has 0 aromatic carbocycles. The summed E-state index contributed by atoms with van der Waals surface area (Å²) in [5.74, 6) is 0.537. The van der Waals surface area contributed by atoms with E-state index in [1.807, 2.05) is 24.4 Å². The highest BCUT2D eigenvalue weighted by Crippen LogP contribution is 2.24. The van der Waals surface area contributed by atoms with Crippen molar-refractivity contribution in [2.24, 2.45) is 0 Å². The number of hydrogen-bond acceptors (Lipinski definition) is 4. The molecule has 17 heavy (non-hydrogen) atoms. The number of pyridine rings is 1. The second kappa shape index (κ2) is 3.94. The predicted octanol–water partition coefficient (Wildman–Crippen LogP) is 2.49. The molecular weight excluding hydrogens is 261 g/mol. The first-order chi connectivity index (χ1) is 8.25. The molecule has 84 valence electrons. The molecular formula is C10H5Cl2N5. The molecule has 0 aliphatic rings. The standard InChI is InChI=1S/C10H5Cl2N5/c11-6-5-13-10(12)14-8(6)9-16-15-7-3-1-2-4-17(7)9/h1-5H. The van der Waals surface area contributed by atoms with Gasteiger partial charge in [-0.3, -0.25) is 4.40 Å². The molecule has 7 heteroatoms. The summed E-state index contributed by atoms with van der Waals surface area (Å²) in [6.45, 7) is 0. The fourth-order valence-electron chi connectivity index (χ4n) is 1.51. The van der Waals surface area contributed by atoms with Gasteiger partial charge in [-0.2, -0.15) is 0 Å². The number of fused-ring (bicyclic) bond motifs is 1. The number of aromatic nitrogens is 5. The third-order valence-corrected chi connectivity index (χ3v) is 2.70. The van der Waals surface area contributed by atoms with Crippen molar-refractivity contribution in [1.82, 2.24) is 24.6 Å². The van der Waals surface area contributed by atoms with E-state index in [9.17, 15) is 0 Å². The van der Waals surface area contributed by atoms with Gasteiger partial charge in [0.1, 0.15) is 5.69 Å². The van der Waals surface area contributed by atoms with Crippen molar-refractivity contribution in [3.05, 3.63) is 40.9 Å². The lowest BCUT2D eigenvalue weighted by Crippen LogP contribution is -1.94. The number of hydrogen-bond donors (Lipinski definition) is 0. The molecule has 0 saturated carbocycles. The van der Waals surface area contributed by atoms with E-state index in [0.29, 0.717) is 22.2 Å². The molecule has 0 N–H and O–H groups in total. The van der Waals surface area contributed by atoms with Crippen LogP contribution in [0.2, 0.25) is 10.3 Å². The lowest BCUT2D eigenvalue weighted by molar-refractivity contribution is 1.07. The smallest absolute Gasteiger partial charge is 0.223 e. The van der Waals surface area contributed by atoms with E-state index in [-0.39, 0.29) is 5.28 Å². The maximum Gasteiger partial charge on any atom is 0.223 e. The zero-order valence-corrected chi connectivity index (χ0v) is 9.89. The molecule has 0 atom stereocenters. The average Bonchev–Trinajstić information content (AvgIpc) is 2.76. The Morgan fingerprint density at radius 2 is 2.00 bits per heavy atom. The first-order valence-electron chi connectivity index (χ1n) is 4.74. The van der Waals surface area contributed by atoms with Crippen molar-refractivity contribution in [2.45, 2.75) is 0 Å². The second-order valence-corrected chi connectivity index (χ2v) is 4.03. The van der Waals surface area contributed by atoms with E-state index in [1.165, 1.54) is 6.20 Å². The topological polar surface area (TPSA) is 56.0 Å². The van der Waals surface area contributed by atoms with E-state index < -0.39 is 0 Å². The highest BCUT2D eigenvalue weighted by Gasteiger charge is 2.13. The van der Waals surface area contributed by atoms with Crippen LogP contribution in [0.4, 0.5) is 0 Å². The summed E-state index contributed by atoms with van der Waals surface area (Å²) in [7, 11) is 0. The van der Waals surface area contributed by atoms with Crippen LogP contribution in [-0.4, -0.2) is 24.6 Å². The summed E-state index contributed by atoms with van der Waals surface area (Å²) in [6, 6.07) is 5.59. The number of rotatable bonds is 1. The molecule has 0 bridgehead atoms. The van der Waals surface area contributed by atoms with Gasteiger partial charge in [-0.1, -0.05) is 17.7 Å². The first kappa shape index (κ1) is 10.4. The van der Waals surface area contributed by atoms with Crippen LogP contribution in [0.15, 0.2) is 30.6 Å². The van der Waals surface area contributed by atoms with Crippen molar-refractivity contribution in [1.29, 1.82) is 0 Å². The van der Waals surface area contributed by atoms with Crippen LogP contribution in [0, 0.1) is 0 Å². The molecule has 3 aromatic rings. The van der Waals surface area contributed by atoms with E-state index in [0.717, 1.165) is 0 Å². The van der Waals surface area contributed by atoms with Gasteiger partial charge in [-0.15, -0.1) is 10.2 Å². The van der Waals surface area contributed by atoms with E-state index in [2.05, 4.69) is 20.2 Å². The molecule has 0 amide bonds. The molecule has 0 aliphatic heterocycles. The predicted molar refractivity (Wildman–Crippen MR) is 64.0 cm³/mol. The van der Waals surface area contributed by atoms with Crippen LogP contribution in [0.5, 0.6) is 0 Å². The van der Waals surface area contributed by atoms with Gasteiger partial charge in [-0.25, -0.2) is 9.97 Å². The zero-order valence-electron chi connectivity index (χ0n) is 8.38. The summed E-state index contributed by atoms with van der Waals surface area (Å²) in [6.07, 6.45) is 3.27. The average molecular weight is 266 g/mol. The Labute approximate surface area is 106 Å². The zero-order chi connectivity index (χ0) is 11.8. The fourth-order valence-corrected chi connectivity index (χ4v) is 1.81. The molecule has 3 aromatic heterocycles. The second-order valence-electron chi connectivity index (χ2n) is 3.29. The van der Waals surface area contributed by atoms with Gasteiger partial charge in [-0.05, 0) is 23.7 Å². The Morgan fingerprint density at radius 3 is 2.88 bits per heavy atom. The third kappa shape index (κ3) is 1.73. The minimum Gasteiger partial charge on any atom is -0.281 e. The SMILES string of the molecule is Clc1ncc(Cl)c(-c2nnc3ccccn23)n1. The van der Waals surface area contributed by atoms with Crippen LogP contribution >= 0.6 is 23.2 Å². The Kier molecular flexibility index (Phi) is 2.42. The van der Waals surface area contributed by atoms with E-state index >= 15 is 0 Å². The molecule has 0 saturated heterocycles. The minimum atomic E-state index is 0.122. The highest BCUT2D eigenvalue weighted by molar-refractivity contribution is 6.33. The van der Waals surface area contributed by atoms with Crippen LogP contribution in [0.25, 0.3) is 17.2 Å². The normalized spacial score (nSPS) is 10.9. The molecule has 3 heterocycles. The van der Waals surface area contributed by atoms with Crippen molar-refractivity contribution >= 4 is 28.8 Å². The van der Waals surface area contributed by atoms with Crippen LogP contribution in [-0.2, 0) is 0 Å². The van der Waals surface area contributed by atoms with Crippen molar-refractivity contribution in [3.8, 4) is 11.5 Å². The first-order valence-corrected chi connectivity index (χ1v) is 5.49. The Balaban J connectivity index is 2.31. The van der Waals surface area contributed by atoms with Gasteiger partial charge < -0.3 is 0 Å². The minimum absolute atomic E-state index is 0.122. The lowest BCUT2D eigenvalue weighted by atomic mass is 10.4. The van der Waals surface area contributed by atoms with Crippen molar-refractivity contribution in [3.63, 3.8) is 0 Å². The molecule has 5 nitrogen and oxygen atoms in total. The van der Waals surface area contributed by atoms with Gasteiger partial charge in [0, 0.05) is 6.20 Å². The Hall–Kier alpha value is -1.72. The van der Waals surface area contributed by atoms with E-state index in [1.54, 1.807) is 4.40 Å². The van der Waals surface area contributed by atoms with E-state index in [4.69, 9.17) is 23.2 Å². The summed E-state index contributed by atoms with van der Waals surface area (Å²) in [4.78, 5) is 7.86. The van der Waals surface area contributed by atoms with Crippen LogP contribution < -0.4 is 0 Å². The maximum absolute atomic E-state index is 6.02. The molecule has 0 spiro atoms. The largest absolute Gasteiger partial charge is 0.281 e. The quantitative estimate of drug-likeness (QED) is 0.635. The van der Waals surface area contributed by atoms with Gasteiger partial charge in [0.05, 0.1) is 11.2 Å². The van der Waals surface area contributed by atoms with Gasteiger partial charge in [0.25, 0.3) is 0 Å². The Bertz CT molecular complexity index is 694. The maximum atomic E-state index is 6.02. The number of nitrogens with zero attached hydrogens (tertiary/aromatic N) is 5. The van der Waals surface area contributed by atoms with Gasteiger partial charge in [0.15, 0.2) is 11.5 Å². The van der Waals surface area contributed by atoms with Gasteiger partial charge in [0.2, 0.25) is 5.28 Å². The van der Waals surface area contributed by atoms with Crippen molar-refractivity contribution < 1.29 is 0 Å². The molecule has 3 rings (SSSR count). The molecule has 0 unspecified atom stereocenters. The van der Waals surface area contributed by atoms with Gasteiger partial charge >= 0.3 is 0 Å². The monoisotopic (exact) mass is 265 g/mol. The third-order valence-electron chi connectivity index (χ3n) is 2.24. The summed E-state index contributed by atoms with van der Waals surface area (Å²) in [5.41, 5.74) is 1.18. The van der Waals surface area contributed by atoms with Crippen molar-refractivity contribution in [2.75, 3.05) is 0 Å². The highest BCUT2D eigenvalue weighted by atomic mass is 35.5. The Morgan fingerprint density at radius 1 is 1.12 bits per heavy atom. The number of halogens is 2. The van der Waals surface area contributed by atoms with Crippen LogP contribution in [0.1, 0.15) is 0 Å². The summed E-state index contributed by atoms with van der Waals surface area (Å²) < 4.78 is 1.78. The van der Waals surface area contributed by atoms with Crippen LogP contribution in [0.3, 0.4) is 0 Å². The molecule has 0 aliphatic carbocycles. The fraction of sp³-hybridized carbons (Fsp3) is 0. The summed E-state index contributed by atoms with van der Waals surface area (Å²) >= 11 is 11.8. The lowest BCUT2D eigenvalue weighted by Gasteiger charge is -2.01. The summed E-state index contributed by atoms with van der Waals surface area (Å²) in [5, 5.41) is 8.57. The molecule has 0 fully saturated rings. The molecule has 0 radical (unpaired) electrons.